The predicted octanol–water partition coefficient (Wildman–Crippen LogP) is -0.306. The molecule has 0 unspecified atom stereocenters. The van der Waals surface area contributed by atoms with Crippen LogP contribution in [0.5, 0.6) is 6.01 Å². The van der Waals surface area contributed by atoms with Gasteiger partial charge in [-0.1, -0.05) is 0 Å². The molecule has 1 atom stereocenters. The van der Waals surface area contributed by atoms with E-state index in [9.17, 15) is 16.8 Å². The molecule has 2 fully saturated rings. The van der Waals surface area contributed by atoms with Crippen LogP contribution in [0.2, 0.25) is 0 Å². The third kappa shape index (κ3) is 2.72. The largest absolute Gasteiger partial charge is 0.463 e. The molecule has 2 aliphatic rings. The molecule has 0 radical (unpaired) electrons. The van der Waals surface area contributed by atoms with E-state index in [4.69, 9.17) is 4.74 Å². The number of hydrogen-bond donors (Lipinski definition) is 0. The van der Waals surface area contributed by atoms with Gasteiger partial charge in [-0.05, 0) is 19.4 Å². The fraction of sp³-hybridized carbons (Fsp3) is 0.692. The minimum Gasteiger partial charge on any atom is -0.463 e. The summed E-state index contributed by atoms with van der Waals surface area (Å²) in [6, 6.07) is 1.86. The normalized spacial score (nSPS) is 26.0. The third-order valence-electron chi connectivity index (χ3n) is 4.70. The second kappa shape index (κ2) is 5.67. The van der Waals surface area contributed by atoms with E-state index in [1.807, 2.05) is 0 Å². The highest BCUT2D eigenvalue weighted by Gasteiger charge is 2.63. The van der Waals surface area contributed by atoms with Gasteiger partial charge in [0.2, 0.25) is 10.0 Å². The lowest BCUT2D eigenvalue weighted by atomic mass is 9.85. The molecule has 10 heteroatoms. The lowest BCUT2D eigenvalue weighted by Gasteiger charge is -2.48. The number of hydrogen-bond acceptors (Lipinski definition) is 7. The van der Waals surface area contributed by atoms with E-state index in [1.54, 1.807) is 25.4 Å². The Morgan fingerprint density at radius 2 is 2.00 bits per heavy atom. The maximum Gasteiger partial charge on any atom is 0.316 e. The summed E-state index contributed by atoms with van der Waals surface area (Å²) >= 11 is 0. The van der Waals surface area contributed by atoms with Gasteiger partial charge in [-0.3, -0.25) is 0 Å². The average molecular weight is 361 g/mol. The summed E-state index contributed by atoms with van der Waals surface area (Å²) in [7, 11) is -6.69. The molecule has 2 aliphatic heterocycles. The van der Waals surface area contributed by atoms with Crippen molar-refractivity contribution in [2.75, 3.05) is 31.2 Å². The van der Waals surface area contributed by atoms with Crippen molar-refractivity contribution in [3.63, 3.8) is 0 Å². The number of ether oxygens (including phenoxy) is 1. The molecule has 8 nitrogen and oxygen atoms in total. The topological polar surface area (TPSA) is 107 Å². The number of nitrogens with zero attached hydrogens (tertiary/aromatic N) is 3. The molecule has 0 saturated carbocycles. The van der Waals surface area contributed by atoms with Gasteiger partial charge < -0.3 is 4.74 Å². The molecule has 0 N–H and O–H groups in total. The van der Waals surface area contributed by atoms with Crippen molar-refractivity contribution in [3.8, 4) is 6.01 Å². The zero-order chi connectivity index (χ0) is 16.7. The second-order valence-electron chi connectivity index (χ2n) is 5.88. The monoisotopic (exact) mass is 361 g/mol. The van der Waals surface area contributed by atoms with Gasteiger partial charge in [0.1, 0.15) is 4.75 Å². The molecule has 1 aromatic rings. The lowest BCUT2D eigenvalue weighted by Crippen LogP contribution is -2.69. The van der Waals surface area contributed by atoms with Gasteiger partial charge in [-0.2, -0.15) is 4.31 Å². The van der Waals surface area contributed by atoms with Crippen LogP contribution in [-0.4, -0.2) is 67.1 Å². The van der Waals surface area contributed by atoms with Gasteiger partial charge in [-0.25, -0.2) is 26.8 Å². The quantitative estimate of drug-likeness (QED) is 0.708. The summed E-state index contributed by atoms with van der Waals surface area (Å²) in [5.41, 5.74) is 0. The summed E-state index contributed by atoms with van der Waals surface area (Å²) in [5.74, 6) is -0.210. The van der Waals surface area contributed by atoms with E-state index in [0.29, 0.717) is 6.42 Å². The summed E-state index contributed by atoms with van der Waals surface area (Å²) in [6.45, 7) is 1.77. The van der Waals surface area contributed by atoms with E-state index in [2.05, 4.69) is 9.97 Å². The summed E-state index contributed by atoms with van der Waals surface area (Å²) < 4.78 is 54.4. The van der Waals surface area contributed by atoms with Crippen molar-refractivity contribution >= 4 is 19.9 Å². The Kier molecular flexibility index (Phi) is 4.09. The van der Waals surface area contributed by atoms with Crippen LogP contribution in [0.1, 0.15) is 13.3 Å². The van der Waals surface area contributed by atoms with Crippen molar-refractivity contribution in [3.05, 3.63) is 18.5 Å². The maximum absolute atomic E-state index is 12.4. The first-order valence-electron chi connectivity index (χ1n) is 7.41. The minimum atomic E-state index is -3.36. The number of rotatable bonds is 5. The molecule has 0 aromatic carbocycles. The molecule has 2 saturated heterocycles. The summed E-state index contributed by atoms with van der Waals surface area (Å²) in [5, 5.41) is 0. The van der Waals surface area contributed by atoms with Crippen LogP contribution in [0.25, 0.3) is 0 Å². The van der Waals surface area contributed by atoms with Crippen molar-refractivity contribution in [1.82, 2.24) is 14.3 Å². The highest BCUT2D eigenvalue weighted by Crippen LogP contribution is 2.45. The van der Waals surface area contributed by atoms with Gasteiger partial charge in [0.05, 0.1) is 18.1 Å². The van der Waals surface area contributed by atoms with Crippen molar-refractivity contribution in [1.29, 1.82) is 0 Å². The first-order valence-corrected chi connectivity index (χ1v) is 10.7. The van der Waals surface area contributed by atoms with E-state index < -0.39 is 24.6 Å². The smallest absolute Gasteiger partial charge is 0.316 e. The van der Waals surface area contributed by atoms with Crippen molar-refractivity contribution in [2.24, 2.45) is 5.92 Å². The van der Waals surface area contributed by atoms with Gasteiger partial charge in [0.15, 0.2) is 9.84 Å². The van der Waals surface area contributed by atoms with Gasteiger partial charge in [0.25, 0.3) is 0 Å². The van der Waals surface area contributed by atoms with Crippen LogP contribution in [-0.2, 0) is 19.9 Å². The first kappa shape index (κ1) is 16.6. The molecule has 0 bridgehead atoms. The average Bonchev–Trinajstić information content (AvgIpc) is 2.75. The fourth-order valence-electron chi connectivity index (χ4n) is 3.17. The van der Waals surface area contributed by atoms with E-state index in [1.165, 1.54) is 4.31 Å². The molecule has 0 aliphatic carbocycles. The zero-order valence-corrected chi connectivity index (χ0v) is 14.4. The van der Waals surface area contributed by atoms with E-state index in [-0.39, 0.29) is 43.1 Å². The van der Waals surface area contributed by atoms with Gasteiger partial charge in [0, 0.05) is 31.4 Å². The molecule has 3 rings (SSSR count). The Hall–Kier alpha value is -1.26. The number of aromatic nitrogens is 2. The fourth-order valence-corrected chi connectivity index (χ4v) is 6.96. The first-order chi connectivity index (χ1) is 10.8. The number of sulfonamides is 1. The van der Waals surface area contributed by atoms with E-state index in [0.717, 1.165) is 0 Å². The molecule has 1 spiro atoms. The Labute approximate surface area is 135 Å². The van der Waals surface area contributed by atoms with Crippen molar-refractivity contribution < 1.29 is 21.6 Å². The zero-order valence-electron chi connectivity index (χ0n) is 12.8. The van der Waals surface area contributed by atoms with Crippen LogP contribution in [0.4, 0.5) is 0 Å². The third-order valence-corrected chi connectivity index (χ3v) is 9.08. The molecule has 3 heterocycles. The molecular weight excluding hydrogens is 342 g/mol. The SMILES string of the molecule is CCS(=O)(=O)N1CC2(C1)[C@@H](COc1ncccn1)CCS2(=O)=O. The standard InChI is InChI=1S/C13H19N3O5S2/c1-2-23(19,20)16-9-13(10-16)11(4-7-22(13,17)18)8-21-12-14-5-3-6-15-12/h3,5-6,11H,2,4,7-10H2,1H3/t11-/m1/s1. The highest BCUT2D eigenvalue weighted by molar-refractivity contribution is 7.93. The molecule has 23 heavy (non-hydrogen) atoms. The Bertz CT molecular complexity index is 773. The van der Waals surface area contributed by atoms with Crippen LogP contribution in [0.15, 0.2) is 18.5 Å². The van der Waals surface area contributed by atoms with Crippen LogP contribution < -0.4 is 4.74 Å². The molecule has 128 valence electrons. The summed E-state index contributed by atoms with van der Waals surface area (Å²) in [4.78, 5) is 7.89. The highest BCUT2D eigenvalue weighted by atomic mass is 32.2. The van der Waals surface area contributed by atoms with Crippen LogP contribution in [0.3, 0.4) is 0 Å². The Morgan fingerprint density at radius 3 is 2.61 bits per heavy atom. The van der Waals surface area contributed by atoms with Gasteiger partial charge in [-0.15, -0.1) is 0 Å². The van der Waals surface area contributed by atoms with E-state index >= 15 is 0 Å². The van der Waals surface area contributed by atoms with Crippen molar-refractivity contribution in [2.45, 2.75) is 18.1 Å². The predicted molar refractivity (Wildman–Crippen MR) is 83.2 cm³/mol. The minimum absolute atomic E-state index is 0.0230. The lowest BCUT2D eigenvalue weighted by molar-refractivity contribution is 0.121. The Morgan fingerprint density at radius 1 is 1.35 bits per heavy atom. The van der Waals surface area contributed by atoms with Crippen LogP contribution in [0, 0.1) is 5.92 Å². The molecule has 0 amide bonds. The molecular formula is C13H19N3O5S2. The second-order valence-corrected chi connectivity index (χ2v) is 10.6. The maximum atomic E-state index is 12.4. The molecule has 1 aromatic heterocycles. The van der Waals surface area contributed by atoms with Gasteiger partial charge >= 0.3 is 6.01 Å². The van der Waals surface area contributed by atoms with Crippen LogP contribution >= 0.6 is 0 Å². The number of sulfone groups is 1. The summed E-state index contributed by atoms with van der Waals surface area (Å²) in [6.07, 6.45) is 3.56. The Balaban J connectivity index is 1.74.